The zero-order chi connectivity index (χ0) is 13.6. The van der Waals surface area contributed by atoms with Gasteiger partial charge >= 0.3 is 57.4 Å². The van der Waals surface area contributed by atoms with Gasteiger partial charge in [0.25, 0.3) is 0 Å². The molecule has 0 amide bonds. The van der Waals surface area contributed by atoms with Crippen LogP contribution >= 0.6 is 0 Å². The minimum atomic E-state index is -1.42. The van der Waals surface area contributed by atoms with E-state index in [2.05, 4.69) is 0 Å². The summed E-state index contributed by atoms with van der Waals surface area (Å²) in [6, 6.07) is 2.33. The zero-order valence-electron chi connectivity index (χ0n) is 10.1. The minimum absolute atomic E-state index is 0. The predicted molar refractivity (Wildman–Crippen MR) is 52.4 cm³/mol. The van der Waals surface area contributed by atoms with Crippen LogP contribution in [-0.2, 0) is 9.59 Å². The van der Waals surface area contributed by atoms with Gasteiger partial charge in [-0.05, 0) is 6.42 Å². The molecule has 0 radical (unpaired) electrons. The van der Waals surface area contributed by atoms with Crippen LogP contribution in [0.5, 0.6) is 0 Å². The number of rotatable bonds is 4. The average Bonchev–Trinajstić information content (AvgIpc) is 2.16. The van der Waals surface area contributed by atoms with Crippen LogP contribution in [0.2, 0.25) is 0 Å². The van der Waals surface area contributed by atoms with E-state index in [1.54, 1.807) is 12.1 Å². The molecule has 0 aromatic heterocycles. The van der Waals surface area contributed by atoms with Crippen molar-refractivity contribution in [3.8, 4) is 12.1 Å². The first-order valence-corrected chi connectivity index (χ1v) is 4.17. The van der Waals surface area contributed by atoms with Gasteiger partial charge in [0.2, 0.25) is 0 Å². The smallest absolute Gasteiger partial charge is 0.548 e. The Morgan fingerprint density at radius 2 is 1.65 bits per heavy atom. The van der Waals surface area contributed by atoms with Crippen molar-refractivity contribution in [2.45, 2.75) is 32.7 Å². The number of nitrogens with two attached hydrogens (primary N) is 1. The van der Waals surface area contributed by atoms with Crippen LogP contribution in [0.15, 0.2) is 0 Å². The molecule has 8 heteroatoms. The molecule has 0 fully saturated rings. The molecule has 0 saturated heterocycles. The molecule has 0 aliphatic rings. The van der Waals surface area contributed by atoms with Crippen molar-refractivity contribution in [1.29, 1.82) is 10.5 Å². The quantitative estimate of drug-likeness (QED) is 0.492. The van der Waals surface area contributed by atoms with Crippen LogP contribution < -0.4 is 62.2 Å². The van der Waals surface area contributed by atoms with E-state index in [-0.39, 0.29) is 64.2 Å². The second-order valence-corrected chi connectivity index (χ2v) is 2.31. The third-order valence-electron chi connectivity index (χ3n) is 0.972. The monoisotopic (exact) mass is 267 g/mol. The number of nitriles is 2. The van der Waals surface area contributed by atoms with Crippen molar-refractivity contribution >= 4 is 11.9 Å². The molecule has 0 aromatic carbocycles. The van der Waals surface area contributed by atoms with E-state index < -0.39 is 18.0 Å². The Labute approximate surface area is 143 Å². The first-order valence-electron chi connectivity index (χ1n) is 4.17. The second-order valence-electron chi connectivity index (χ2n) is 2.31. The molecule has 0 heterocycles. The number of hydrogen-bond donors (Lipinski definition) is 2. The molecule has 1 atom stereocenters. The van der Waals surface area contributed by atoms with Gasteiger partial charge in [0.15, 0.2) is 0 Å². The summed E-state index contributed by atoms with van der Waals surface area (Å²) < 4.78 is 0. The number of carbonyl (C=O) groups excluding carboxylic acids is 1. The molecule has 0 spiro atoms. The number of carboxylic acid groups (broad SMARTS) is 2. The molecule has 0 aliphatic heterocycles. The molecule has 0 rings (SSSR count). The Morgan fingerprint density at radius 3 is 1.82 bits per heavy atom. The maximum absolute atomic E-state index is 9.88. The van der Waals surface area contributed by atoms with Crippen LogP contribution in [-0.4, -0.2) is 23.1 Å². The summed E-state index contributed by atoms with van der Waals surface area (Å²) in [4.78, 5) is 19.7. The van der Waals surface area contributed by atoms with E-state index in [0.717, 1.165) is 0 Å². The van der Waals surface area contributed by atoms with E-state index in [1.165, 1.54) is 13.8 Å². The summed E-state index contributed by atoms with van der Waals surface area (Å²) in [6.07, 6.45) is -0.327. The Balaban J connectivity index is -0.000000102. The zero-order valence-corrected chi connectivity index (χ0v) is 13.3. The summed E-state index contributed by atoms with van der Waals surface area (Å²) >= 11 is 0. The van der Waals surface area contributed by atoms with Crippen LogP contribution in [0.25, 0.3) is 0 Å². The Hall–Kier alpha value is -0.484. The largest absolute Gasteiger partial charge is 1.00 e. The molecule has 0 aliphatic carbocycles. The number of hydrogen-bond acceptors (Lipinski definition) is 6. The maximum Gasteiger partial charge on any atom is 1.00 e. The van der Waals surface area contributed by atoms with Gasteiger partial charge in [-0.3, -0.25) is 4.79 Å². The molecule has 0 unspecified atom stereocenters. The van der Waals surface area contributed by atoms with Crippen LogP contribution in [0.1, 0.15) is 26.7 Å². The van der Waals surface area contributed by atoms with Gasteiger partial charge in [-0.25, -0.2) is 0 Å². The van der Waals surface area contributed by atoms with Gasteiger partial charge in [0.05, 0.1) is 18.1 Å². The predicted octanol–water partition coefficient (Wildman–Crippen LogP) is -4.01. The Bertz CT molecular complexity index is 271. The molecule has 90 valence electrons. The van der Waals surface area contributed by atoms with Gasteiger partial charge in [0, 0.05) is 26.3 Å². The third-order valence-corrected chi connectivity index (χ3v) is 0.972. The van der Waals surface area contributed by atoms with Crippen molar-refractivity contribution in [3.05, 3.63) is 0 Å². The SMILES string of the molecule is CC#N.CC#N.N[C@@H](CCC(=O)O)C(=O)[O-].[K+]. The van der Waals surface area contributed by atoms with Gasteiger partial charge in [-0.2, -0.15) is 10.5 Å². The first-order chi connectivity index (χ1) is 7.37. The van der Waals surface area contributed by atoms with Crippen molar-refractivity contribution < 1.29 is 71.2 Å². The number of nitrogens with zero attached hydrogens (tertiary/aromatic N) is 2. The second kappa shape index (κ2) is 20.9. The molecular weight excluding hydrogens is 253 g/mol. The third kappa shape index (κ3) is 39.1. The van der Waals surface area contributed by atoms with Gasteiger partial charge in [0.1, 0.15) is 0 Å². The standard InChI is InChI=1S/C5H9NO4.2C2H3N.K/c6-3(5(9)10)1-2-4(7)8;2*1-2-3;/h3H,1-2,6H2,(H,7,8)(H,9,10);2*1H3;/q;;;+1/p-1/t3-;;;/m0.../s1. The van der Waals surface area contributed by atoms with E-state index >= 15 is 0 Å². The van der Waals surface area contributed by atoms with Crippen molar-refractivity contribution in [3.63, 3.8) is 0 Å². The average molecular weight is 267 g/mol. The van der Waals surface area contributed by atoms with Gasteiger partial charge < -0.3 is 20.7 Å². The van der Waals surface area contributed by atoms with Crippen LogP contribution in [0.3, 0.4) is 0 Å². The summed E-state index contributed by atoms with van der Waals surface area (Å²) in [6.45, 7) is 2.86. The van der Waals surface area contributed by atoms with E-state index in [9.17, 15) is 14.7 Å². The molecule has 7 nitrogen and oxygen atoms in total. The fourth-order valence-corrected chi connectivity index (χ4v) is 0.397. The topological polar surface area (TPSA) is 151 Å². The van der Waals surface area contributed by atoms with E-state index in [4.69, 9.17) is 21.4 Å². The van der Waals surface area contributed by atoms with Crippen molar-refractivity contribution in [2.75, 3.05) is 0 Å². The number of carbonyl (C=O) groups is 2. The summed E-state index contributed by atoms with van der Waals surface area (Å²) in [5.74, 6) is -2.47. The first kappa shape index (κ1) is 25.4. The summed E-state index contributed by atoms with van der Waals surface area (Å²) in [5, 5.41) is 32.6. The molecule has 0 saturated carbocycles. The fraction of sp³-hybridized carbons (Fsp3) is 0.556. The molecule has 0 aromatic rings. The molecular formula is C9H14KN3O4. The van der Waals surface area contributed by atoms with Crippen LogP contribution in [0.4, 0.5) is 0 Å². The Morgan fingerprint density at radius 1 is 1.35 bits per heavy atom. The van der Waals surface area contributed by atoms with Crippen molar-refractivity contribution in [1.82, 2.24) is 0 Å². The van der Waals surface area contributed by atoms with Gasteiger partial charge in [-0.1, -0.05) is 0 Å². The minimum Gasteiger partial charge on any atom is -0.548 e. The maximum atomic E-state index is 9.88. The van der Waals surface area contributed by atoms with Crippen molar-refractivity contribution in [2.24, 2.45) is 5.73 Å². The fourth-order valence-electron chi connectivity index (χ4n) is 0.397. The summed E-state index contributed by atoms with van der Waals surface area (Å²) in [7, 11) is 0. The van der Waals surface area contributed by atoms with E-state index in [0.29, 0.717) is 0 Å². The molecule has 0 bridgehead atoms. The normalized spacial score (nSPS) is 8.29. The number of aliphatic carboxylic acids is 2. The molecule has 17 heavy (non-hydrogen) atoms. The Kier molecular flexibility index (Phi) is 31.2. The van der Waals surface area contributed by atoms with Gasteiger partial charge in [-0.15, -0.1) is 0 Å². The van der Waals surface area contributed by atoms with E-state index in [1.807, 2.05) is 0 Å². The molecule has 3 N–H and O–H groups in total. The number of carboxylic acids is 2. The van der Waals surface area contributed by atoms with Crippen LogP contribution in [0, 0.1) is 22.7 Å². The summed E-state index contributed by atoms with van der Waals surface area (Å²) in [5.41, 5.74) is 4.94.